The Morgan fingerprint density at radius 3 is 2.25 bits per heavy atom. The number of benzene rings is 2. The number of carboxylic acid groups (broad SMARTS) is 1. The van der Waals surface area contributed by atoms with E-state index < -0.39 is 55.1 Å². The first kappa shape index (κ1) is 32.6. The van der Waals surface area contributed by atoms with Crippen molar-refractivity contribution in [3.63, 3.8) is 0 Å². The van der Waals surface area contributed by atoms with Gasteiger partial charge in [-0.05, 0) is 43.2 Å². The van der Waals surface area contributed by atoms with E-state index in [1.807, 2.05) is 0 Å². The summed E-state index contributed by atoms with van der Waals surface area (Å²) in [6.07, 6.45) is -12.7. The van der Waals surface area contributed by atoms with E-state index in [0.717, 1.165) is 17.0 Å². The van der Waals surface area contributed by atoms with Crippen LogP contribution in [0.3, 0.4) is 0 Å². The summed E-state index contributed by atoms with van der Waals surface area (Å²) >= 11 is 0. The Bertz CT molecular complexity index is 1120. The summed E-state index contributed by atoms with van der Waals surface area (Å²) in [5, 5.41) is 11.4. The molecule has 1 atom stereocenters. The lowest BCUT2D eigenvalue weighted by Gasteiger charge is -2.24. The lowest BCUT2D eigenvalue weighted by molar-refractivity contribution is -0.391. The molecule has 2 aromatic carbocycles. The third-order valence-corrected chi connectivity index (χ3v) is 5.26. The molecule has 2 aromatic rings. The van der Waals surface area contributed by atoms with Gasteiger partial charge in [0.25, 0.3) is 0 Å². The number of rotatable bonds is 15. The highest BCUT2D eigenvalue weighted by atomic mass is 19.4. The maximum Gasteiger partial charge on any atom is 0.482 e. The van der Waals surface area contributed by atoms with Gasteiger partial charge in [0, 0.05) is 25.6 Å². The Labute approximate surface area is 224 Å². The second kappa shape index (κ2) is 14.7. The highest BCUT2D eigenvalue weighted by Crippen LogP contribution is 2.36. The normalized spacial score (nSPS) is 12.6. The summed E-state index contributed by atoms with van der Waals surface area (Å²) in [5.74, 6) is -2.78. The average Bonchev–Trinajstić information content (AvgIpc) is 2.87. The van der Waals surface area contributed by atoms with Crippen molar-refractivity contribution in [2.24, 2.45) is 0 Å². The summed E-state index contributed by atoms with van der Waals surface area (Å²) in [7, 11) is 0. The van der Waals surface area contributed by atoms with Gasteiger partial charge in [-0.2, -0.15) is 22.0 Å². The second-order valence-electron chi connectivity index (χ2n) is 8.24. The van der Waals surface area contributed by atoms with Crippen molar-refractivity contribution < 1.29 is 59.6 Å². The van der Waals surface area contributed by atoms with E-state index in [1.165, 1.54) is 12.1 Å². The molecule has 0 aromatic heterocycles. The Balaban J connectivity index is 1.99. The van der Waals surface area contributed by atoms with Crippen LogP contribution in [0.15, 0.2) is 42.5 Å². The number of aliphatic carboxylic acids is 1. The molecule has 0 saturated carbocycles. The number of carbonyl (C=O) groups is 2. The quantitative estimate of drug-likeness (QED) is 0.213. The number of hydrogen-bond acceptors (Lipinski definition) is 5. The molecule has 0 aliphatic heterocycles. The molecule has 0 aliphatic rings. The van der Waals surface area contributed by atoms with E-state index in [2.05, 4.69) is 10.1 Å². The zero-order valence-corrected chi connectivity index (χ0v) is 21.1. The van der Waals surface area contributed by atoms with Gasteiger partial charge in [-0.25, -0.2) is 18.4 Å². The zero-order chi connectivity index (χ0) is 29.9. The molecule has 2 amide bonds. The van der Waals surface area contributed by atoms with Crippen molar-refractivity contribution in [2.45, 2.75) is 38.2 Å². The Hall–Kier alpha value is -3.59. The number of amides is 2. The molecular weight excluding hydrogens is 557 g/mol. The number of anilines is 1. The number of hydrogen-bond donors (Lipinski definition) is 2. The van der Waals surface area contributed by atoms with Crippen molar-refractivity contribution in [3.8, 4) is 5.75 Å². The molecule has 0 bridgehead atoms. The van der Waals surface area contributed by atoms with E-state index in [4.69, 9.17) is 9.47 Å². The number of nitrogens with one attached hydrogen (secondary N) is 1. The fourth-order valence-electron chi connectivity index (χ4n) is 3.27. The van der Waals surface area contributed by atoms with E-state index in [0.29, 0.717) is 17.4 Å². The molecule has 0 saturated heterocycles. The molecule has 222 valence electrons. The maximum atomic E-state index is 13.9. The van der Waals surface area contributed by atoms with Gasteiger partial charge in [-0.3, -0.25) is 0 Å². The Morgan fingerprint density at radius 1 is 1.00 bits per heavy atom. The first-order valence-corrected chi connectivity index (χ1v) is 11.9. The second-order valence-corrected chi connectivity index (χ2v) is 8.24. The van der Waals surface area contributed by atoms with Gasteiger partial charge in [0.2, 0.25) is 0 Å². The monoisotopic (exact) mass is 584 g/mol. The van der Waals surface area contributed by atoms with Crippen LogP contribution in [0, 0.1) is 11.6 Å². The first-order chi connectivity index (χ1) is 18.7. The van der Waals surface area contributed by atoms with E-state index in [1.54, 1.807) is 19.1 Å². The van der Waals surface area contributed by atoms with Gasteiger partial charge < -0.3 is 29.5 Å². The molecule has 8 nitrogen and oxygen atoms in total. The van der Waals surface area contributed by atoms with Gasteiger partial charge in [-0.15, -0.1) is 0 Å². The van der Waals surface area contributed by atoms with Gasteiger partial charge in [0.1, 0.15) is 24.0 Å². The summed E-state index contributed by atoms with van der Waals surface area (Å²) < 4.78 is 104. The predicted octanol–water partition coefficient (Wildman–Crippen LogP) is 5.47. The molecule has 2 N–H and O–H groups in total. The molecule has 0 aliphatic carbocycles. The Kier molecular flexibility index (Phi) is 12.0. The summed E-state index contributed by atoms with van der Waals surface area (Å²) in [5.41, 5.74) is 0.255. The minimum atomic E-state index is -5.91. The van der Waals surface area contributed by atoms with Gasteiger partial charge in [-0.1, -0.05) is 12.1 Å². The van der Waals surface area contributed by atoms with Crippen LogP contribution in [0.2, 0.25) is 0 Å². The molecule has 40 heavy (non-hydrogen) atoms. The minimum Gasteiger partial charge on any atom is -0.492 e. The van der Waals surface area contributed by atoms with E-state index in [-0.39, 0.29) is 38.4 Å². The SMILES string of the molecule is CCOC(Cc1ccc(OCCN(CCCOC(F)(F)C(F)(F)F)C(=O)Nc2ccc(F)cc2F)cc1)C(=O)O. The largest absolute Gasteiger partial charge is 0.492 e. The molecule has 0 heterocycles. The van der Waals surface area contributed by atoms with Gasteiger partial charge in [0.15, 0.2) is 6.10 Å². The molecular formula is C25H27F7N2O6. The highest BCUT2D eigenvalue weighted by Gasteiger charge is 2.59. The number of carbonyl (C=O) groups excluding carboxylic acids is 1. The summed E-state index contributed by atoms with van der Waals surface area (Å²) in [6.45, 7) is 0.0677. The molecule has 0 fully saturated rings. The number of carboxylic acids is 1. The molecule has 0 radical (unpaired) electrons. The zero-order valence-electron chi connectivity index (χ0n) is 21.1. The van der Waals surface area contributed by atoms with Crippen LogP contribution in [0.5, 0.6) is 5.75 Å². The van der Waals surface area contributed by atoms with Crippen LogP contribution in [0.1, 0.15) is 18.9 Å². The maximum absolute atomic E-state index is 13.9. The number of alkyl halides is 5. The van der Waals surface area contributed by atoms with Crippen molar-refractivity contribution in [2.75, 3.05) is 38.2 Å². The lowest BCUT2D eigenvalue weighted by Crippen LogP contribution is -2.41. The van der Waals surface area contributed by atoms with Crippen molar-refractivity contribution >= 4 is 17.7 Å². The first-order valence-electron chi connectivity index (χ1n) is 11.9. The number of halogens is 7. The van der Waals surface area contributed by atoms with Crippen molar-refractivity contribution in [1.29, 1.82) is 0 Å². The number of urea groups is 1. The van der Waals surface area contributed by atoms with Crippen LogP contribution >= 0.6 is 0 Å². The van der Waals surface area contributed by atoms with Crippen LogP contribution in [0.25, 0.3) is 0 Å². The smallest absolute Gasteiger partial charge is 0.482 e. The third-order valence-electron chi connectivity index (χ3n) is 5.26. The predicted molar refractivity (Wildman–Crippen MR) is 127 cm³/mol. The lowest BCUT2D eigenvalue weighted by atomic mass is 10.1. The van der Waals surface area contributed by atoms with Crippen molar-refractivity contribution in [1.82, 2.24) is 4.90 Å². The highest BCUT2D eigenvalue weighted by molar-refractivity contribution is 5.89. The number of nitrogens with zero attached hydrogens (tertiary/aromatic N) is 1. The minimum absolute atomic E-state index is 0.104. The van der Waals surface area contributed by atoms with E-state index in [9.17, 15) is 45.4 Å². The van der Waals surface area contributed by atoms with Crippen LogP contribution < -0.4 is 10.1 Å². The van der Waals surface area contributed by atoms with Crippen LogP contribution in [-0.4, -0.2) is 73.3 Å². The molecule has 15 heteroatoms. The Morgan fingerprint density at radius 2 is 1.68 bits per heavy atom. The van der Waals surface area contributed by atoms with Crippen LogP contribution in [0.4, 0.5) is 41.2 Å². The van der Waals surface area contributed by atoms with E-state index >= 15 is 0 Å². The van der Waals surface area contributed by atoms with Gasteiger partial charge in [0.05, 0.1) is 18.8 Å². The summed E-state index contributed by atoms with van der Waals surface area (Å²) in [4.78, 5) is 24.9. The van der Waals surface area contributed by atoms with Crippen molar-refractivity contribution in [3.05, 3.63) is 59.7 Å². The average molecular weight is 584 g/mol. The number of ether oxygens (including phenoxy) is 3. The fourth-order valence-corrected chi connectivity index (χ4v) is 3.27. The van der Waals surface area contributed by atoms with Crippen LogP contribution in [-0.2, 0) is 20.7 Å². The van der Waals surface area contributed by atoms with Gasteiger partial charge >= 0.3 is 24.3 Å². The fraction of sp³-hybridized carbons (Fsp3) is 0.440. The molecule has 0 spiro atoms. The third kappa shape index (κ3) is 10.2. The summed E-state index contributed by atoms with van der Waals surface area (Å²) in [6, 6.07) is 7.67. The molecule has 1 unspecified atom stereocenters. The standard InChI is InChI=1S/C25H27F7N2O6/c1-2-38-21(22(35)36)14-16-4-7-18(8-5-16)39-13-11-34(10-3-12-40-25(31,32)24(28,29)30)23(37)33-20-9-6-17(26)15-19(20)27/h4-9,15,21H,2-3,10-14H2,1H3,(H,33,37)(H,35,36). The topological polar surface area (TPSA) is 97.3 Å². The molecule has 2 rings (SSSR count).